The van der Waals surface area contributed by atoms with Gasteiger partial charge in [-0.2, -0.15) is 0 Å². The van der Waals surface area contributed by atoms with Crippen molar-refractivity contribution < 1.29 is 18.3 Å². The third kappa shape index (κ3) is 3.16. The molecule has 21 heavy (non-hydrogen) atoms. The van der Waals surface area contributed by atoms with Gasteiger partial charge in [0.2, 0.25) is 0 Å². The van der Waals surface area contributed by atoms with E-state index >= 15 is 0 Å². The number of carbonyl (C=O) groups excluding carboxylic acids is 1. The quantitative estimate of drug-likeness (QED) is 0.468. The first-order valence-corrected chi connectivity index (χ1v) is 7.51. The first-order chi connectivity index (χ1) is 9.93. The number of nitro benzene ring substituents is 1. The van der Waals surface area contributed by atoms with Gasteiger partial charge in [0.05, 0.1) is 16.7 Å². The van der Waals surface area contributed by atoms with Crippen molar-refractivity contribution in [1.29, 1.82) is 0 Å². The predicted octanol–water partition coefficient (Wildman–Crippen LogP) is 0.224. The van der Waals surface area contributed by atoms with Crippen LogP contribution in [0.15, 0.2) is 12.1 Å². The van der Waals surface area contributed by atoms with Crippen molar-refractivity contribution in [2.75, 3.05) is 30.0 Å². The van der Waals surface area contributed by atoms with E-state index in [0.29, 0.717) is 17.6 Å². The summed E-state index contributed by atoms with van der Waals surface area (Å²) >= 11 is 0. The summed E-state index contributed by atoms with van der Waals surface area (Å²) in [7, 11) is -0.978. The maximum Gasteiger partial charge on any atom is 0.285 e. The standard InChI is InChI=1S/C11H13FN4O4S/c12-8-6-10(16(18)19)7(5-9(8)14-13)11(17)15-1-3-21(20)4-2-15/h5-6,14H,1-4,13H2. The van der Waals surface area contributed by atoms with Gasteiger partial charge in [0.25, 0.3) is 11.6 Å². The Balaban J connectivity index is 2.39. The zero-order chi connectivity index (χ0) is 15.6. The number of hydrazine groups is 1. The third-order valence-electron chi connectivity index (χ3n) is 3.13. The number of hydrogen-bond donors (Lipinski definition) is 2. The van der Waals surface area contributed by atoms with Gasteiger partial charge in [0.15, 0.2) is 5.82 Å². The fourth-order valence-corrected chi connectivity index (χ4v) is 3.06. The average Bonchev–Trinajstić information content (AvgIpc) is 2.47. The molecule has 0 aliphatic carbocycles. The first kappa shape index (κ1) is 15.3. The minimum absolute atomic E-state index is 0.204. The lowest BCUT2D eigenvalue weighted by Gasteiger charge is -2.26. The highest BCUT2D eigenvalue weighted by atomic mass is 32.2. The Morgan fingerprint density at radius 2 is 2.05 bits per heavy atom. The molecule has 0 radical (unpaired) electrons. The number of carbonyl (C=O) groups is 1. The molecule has 10 heteroatoms. The van der Waals surface area contributed by atoms with Crippen molar-refractivity contribution in [3.8, 4) is 0 Å². The van der Waals surface area contributed by atoms with Crippen LogP contribution in [0.3, 0.4) is 0 Å². The summed E-state index contributed by atoms with van der Waals surface area (Å²) in [4.78, 5) is 23.9. The van der Waals surface area contributed by atoms with Crippen molar-refractivity contribution in [2.24, 2.45) is 5.84 Å². The van der Waals surface area contributed by atoms with Gasteiger partial charge in [-0.1, -0.05) is 0 Å². The lowest BCUT2D eigenvalue weighted by atomic mass is 10.1. The second-order valence-corrected chi connectivity index (χ2v) is 6.09. The van der Waals surface area contributed by atoms with E-state index in [1.165, 1.54) is 4.90 Å². The van der Waals surface area contributed by atoms with Gasteiger partial charge in [0, 0.05) is 35.4 Å². The van der Waals surface area contributed by atoms with Crippen LogP contribution < -0.4 is 11.3 Å². The molecule has 114 valence electrons. The molecule has 3 N–H and O–H groups in total. The number of nitro groups is 1. The van der Waals surface area contributed by atoms with E-state index in [1.54, 1.807) is 0 Å². The molecule has 1 aliphatic rings. The summed E-state index contributed by atoms with van der Waals surface area (Å²) in [5.41, 5.74) is 0.975. The van der Waals surface area contributed by atoms with Gasteiger partial charge < -0.3 is 10.3 Å². The Labute approximate surface area is 121 Å². The van der Waals surface area contributed by atoms with E-state index in [1.807, 2.05) is 5.43 Å². The Hall–Kier alpha value is -2.07. The maximum absolute atomic E-state index is 13.5. The zero-order valence-corrected chi connectivity index (χ0v) is 11.7. The zero-order valence-electron chi connectivity index (χ0n) is 10.9. The van der Waals surface area contributed by atoms with Gasteiger partial charge in [-0.3, -0.25) is 25.0 Å². The van der Waals surface area contributed by atoms with E-state index in [0.717, 1.165) is 6.07 Å². The van der Waals surface area contributed by atoms with E-state index in [4.69, 9.17) is 5.84 Å². The number of rotatable bonds is 3. The second kappa shape index (κ2) is 6.14. The molecule has 1 aromatic carbocycles. The lowest BCUT2D eigenvalue weighted by Crippen LogP contribution is -2.42. The minimum atomic E-state index is -0.978. The molecule has 1 aliphatic heterocycles. The molecule has 0 unspecified atom stereocenters. The Morgan fingerprint density at radius 1 is 1.43 bits per heavy atom. The Morgan fingerprint density at radius 3 is 2.57 bits per heavy atom. The van der Waals surface area contributed by atoms with Gasteiger partial charge in [0.1, 0.15) is 5.56 Å². The smallest absolute Gasteiger partial charge is 0.285 e. The van der Waals surface area contributed by atoms with Crippen molar-refractivity contribution in [2.45, 2.75) is 0 Å². The summed E-state index contributed by atoms with van der Waals surface area (Å²) < 4.78 is 24.8. The van der Waals surface area contributed by atoms with E-state index in [9.17, 15) is 23.5 Å². The van der Waals surface area contributed by atoms with Crippen LogP contribution in [0.25, 0.3) is 0 Å². The van der Waals surface area contributed by atoms with Crippen molar-refractivity contribution in [1.82, 2.24) is 4.90 Å². The van der Waals surface area contributed by atoms with Gasteiger partial charge in [-0.05, 0) is 6.07 Å². The van der Waals surface area contributed by atoms with Gasteiger partial charge >= 0.3 is 0 Å². The van der Waals surface area contributed by atoms with Crippen LogP contribution in [0.5, 0.6) is 0 Å². The van der Waals surface area contributed by atoms with Crippen LogP contribution >= 0.6 is 0 Å². The van der Waals surface area contributed by atoms with Gasteiger partial charge in [-0.15, -0.1) is 0 Å². The molecule has 1 fully saturated rings. The van der Waals surface area contributed by atoms with Crippen molar-refractivity contribution >= 4 is 28.1 Å². The number of halogens is 1. The molecule has 2 rings (SSSR count). The highest BCUT2D eigenvalue weighted by Gasteiger charge is 2.29. The summed E-state index contributed by atoms with van der Waals surface area (Å²) in [6.07, 6.45) is 0. The Kier molecular flexibility index (Phi) is 4.48. The fraction of sp³-hybridized carbons (Fsp3) is 0.364. The first-order valence-electron chi connectivity index (χ1n) is 6.03. The van der Waals surface area contributed by atoms with Crippen molar-refractivity contribution in [3.63, 3.8) is 0 Å². The van der Waals surface area contributed by atoms with Crippen LogP contribution in [-0.4, -0.2) is 44.5 Å². The summed E-state index contributed by atoms with van der Waals surface area (Å²) in [6, 6.07) is 1.67. The molecule has 0 atom stereocenters. The van der Waals surface area contributed by atoms with Crippen LogP contribution in [-0.2, 0) is 10.8 Å². The summed E-state index contributed by atoms with van der Waals surface area (Å²) in [5.74, 6) is 4.24. The Bertz CT molecular complexity index is 614. The number of nitrogen functional groups attached to an aromatic ring is 1. The highest BCUT2D eigenvalue weighted by molar-refractivity contribution is 7.85. The fourth-order valence-electron chi connectivity index (χ4n) is 2.01. The normalized spacial score (nSPS) is 15.8. The van der Waals surface area contributed by atoms with Crippen LogP contribution in [0.2, 0.25) is 0 Å². The number of hydrogen-bond acceptors (Lipinski definition) is 6. The minimum Gasteiger partial charge on any atom is -0.337 e. The largest absolute Gasteiger partial charge is 0.337 e. The van der Waals surface area contributed by atoms with E-state index in [2.05, 4.69) is 0 Å². The van der Waals surface area contributed by atoms with Crippen molar-refractivity contribution in [3.05, 3.63) is 33.6 Å². The van der Waals surface area contributed by atoms with Crippen LogP contribution in [0.4, 0.5) is 15.8 Å². The molecule has 1 aromatic rings. The second-order valence-electron chi connectivity index (χ2n) is 4.39. The number of nitrogens with two attached hydrogens (primary N) is 1. The summed E-state index contributed by atoms with van der Waals surface area (Å²) in [5, 5.41) is 11.0. The number of amides is 1. The number of nitrogens with zero attached hydrogens (tertiary/aromatic N) is 2. The average molecular weight is 316 g/mol. The molecular formula is C11H13FN4O4S. The van der Waals surface area contributed by atoms with Crippen LogP contribution in [0.1, 0.15) is 10.4 Å². The lowest BCUT2D eigenvalue weighted by molar-refractivity contribution is -0.385. The topological polar surface area (TPSA) is 119 Å². The highest BCUT2D eigenvalue weighted by Crippen LogP contribution is 2.27. The molecular weight excluding hydrogens is 303 g/mol. The molecule has 0 bridgehead atoms. The summed E-state index contributed by atoms with van der Waals surface area (Å²) in [6.45, 7) is 0.483. The molecule has 1 heterocycles. The maximum atomic E-state index is 13.5. The number of nitrogens with one attached hydrogen (secondary N) is 1. The number of benzene rings is 1. The van der Waals surface area contributed by atoms with Crippen LogP contribution in [0, 0.1) is 15.9 Å². The van der Waals surface area contributed by atoms with E-state index < -0.39 is 33.1 Å². The monoisotopic (exact) mass is 316 g/mol. The van der Waals surface area contributed by atoms with E-state index in [-0.39, 0.29) is 24.3 Å². The molecule has 1 saturated heterocycles. The third-order valence-corrected chi connectivity index (χ3v) is 4.41. The predicted molar refractivity (Wildman–Crippen MR) is 74.6 cm³/mol. The van der Waals surface area contributed by atoms with Gasteiger partial charge in [-0.25, -0.2) is 4.39 Å². The molecule has 0 aromatic heterocycles. The molecule has 0 spiro atoms. The molecule has 8 nitrogen and oxygen atoms in total. The number of anilines is 1. The molecule has 0 saturated carbocycles. The SMILES string of the molecule is NNc1cc(C(=O)N2CCS(=O)CC2)c([N+](=O)[O-])cc1F. The molecule has 1 amide bonds.